The Labute approximate surface area is 166 Å². The van der Waals surface area contributed by atoms with Crippen LogP contribution < -0.4 is 10.6 Å². The first kappa shape index (κ1) is 24.4. The fraction of sp³-hybridized carbons (Fsp3) is 0.263. The highest BCUT2D eigenvalue weighted by atomic mass is 32.2. The first-order valence-electron chi connectivity index (χ1n) is 8.26. The van der Waals surface area contributed by atoms with Crippen molar-refractivity contribution in [2.75, 3.05) is 11.2 Å². The van der Waals surface area contributed by atoms with E-state index in [9.17, 15) is 30.4 Å². The molecule has 0 bridgehead atoms. The summed E-state index contributed by atoms with van der Waals surface area (Å²) in [5, 5.41) is 0. The molecule has 0 aliphatic carbocycles. The third-order valence-corrected chi connectivity index (χ3v) is 4.85. The van der Waals surface area contributed by atoms with Crippen LogP contribution >= 0.6 is 0 Å². The van der Waals surface area contributed by atoms with Crippen LogP contribution in [0.25, 0.3) is 0 Å². The molecule has 0 aliphatic rings. The van der Waals surface area contributed by atoms with Gasteiger partial charge in [-0.3, -0.25) is 0 Å². The van der Waals surface area contributed by atoms with Crippen molar-refractivity contribution in [1.82, 2.24) is 0 Å². The quantitative estimate of drug-likeness (QED) is 0.486. The molecule has 1 rings (SSSR count). The second-order valence-corrected chi connectivity index (χ2v) is 8.05. The molecule has 1 aromatic carbocycles. The van der Waals surface area contributed by atoms with E-state index in [0.29, 0.717) is 6.20 Å². The summed E-state index contributed by atoms with van der Waals surface area (Å²) < 4.78 is 88.2. The van der Waals surface area contributed by atoms with Crippen molar-refractivity contribution < 1.29 is 30.4 Å². The Morgan fingerprint density at radius 2 is 1.69 bits per heavy atom. The molecule has 0 aliphatic heterocycles. The summed E-state index contributed by atoms with van der Waals surface area (Å²) in [6, 6.07) is 4.35. The minimum Gasteiger partial charge on any atom is -0.394 e. The predicted octanol–water partition coefficient (Wildman–Crippen LogP) is 4.93. The van der Waals surface area contributed by atoms with Gasteiger partial charge < -0.3 is 10.6 Å². The zero-order chi connectivity index (χ0) is 22.4. The standard InChI is InChI=1S/C19H21F5N2O2S/c1-4-16(20)17(21)7-5-6-13(2)26(12-18(25)19(22,23)24)14-8-10-15(11-9-14)29(3,27)28/h4-13H,25H2,1-3H3/b6-5+,16-4+,17-7+,18-12-. The lowest BCUT2D eigenvalue weighted by atomic mass is 10.2. The molecule has 1 atom stereocenters. The predicted molar refractivity (Wildman–Crippen MR) is 103 cm³/mol. The van der Waals surface area contributed by atoms with Crippen LogP contribution in [0.4, 0.5) is 27.6 Å². The van der Waals surface area contributed by atoms with Gasteiger partial charge in [0.1, 0.15) is 5.70 Å². The van der Waals surface area contributed by atoms with E-state index in [1.807, 2.05) is 0 Å². The van der Waals surface area contributed by atoms with E-state index < -0.39 is 39.4 Å². The van der Waals surface area contributed by atoms with Gasteiger partial charge in [0.25, 0.3) is 0 Å². The Kier molecular flexibility index (Phi) is 8.19. The van der Waals surface area contributed by atoms with Crippen LogP contribution in [0.2, 0.25) is 0 Å². The third-order valence-electron chi connectivity index (χ3n) is 3.72. The summed E-state index contributed by atoms with van der Waals surface area (Å²) in [4.78, 5) is 1.12. The molecule has 2 N–H and O–H groups in total. The van der Waals surface area contributed by atoms with Crippen LogP contribution in [0.1, 0.15) is 13.8 Å². The topological polar surface area (TPSA) is 63.4 Å². The fourth-order valence-electron chi connectivity index (χ4n) is 2.13. The SMILES string of the molecule is C\C=C(F)/C(F)=C\C=C\C(C)N(/C=C(\N)C(F)(F)F)c1ccc(S(C)(=O)=O)cc1. The molecule has 0 saturated heterocycles. The van der Waals surface area contributed by atoms with Crippen LogP contribution in [-0.2, 0) is 9.84 Å². The molecule has 4 nitrogen and oxygen atoms in total. The van der Waals surface area contributed by atoms with Gasteiger partial charge in [-0.2, -0.15) is 13.2 Å². The van der Waals surface area contributed by atoms with E-state index in [1.165, 1.54) is 44.2 Å². The number of rotatable bonds is 7. The third kappa shape index (κ3) is 7.37. The number of benzene rings is 1. The molecule has 0 saturated carbocycles. The van der Waals surface area contributed by atoms with Gasteiger partial charge in [-0.05, 0) is 50.3 Å². The largest absolute Gasteiger partial charge is 0.432 e. The Balaban J connectivity index is 3.31. The van der Waals surface area contributed by atoms with E-state index >= 15 is 0 Å². The Morgan fingerprint density at radius 3 is 2.14 bits per heavy atom. The summed E-state index contributed by atoms with van der Waals surface area (Å²) >= 11 is 0. The average Bonchev–Trinajstić information content (AvgIpc) is 2.63. The molecule has 0 aromatic heterocycles. The highest BCUT2D eigenvalue weighted by molar-refractivity contribution is 7.90. The van der Waals surface area contributed by atoms with E-state index in [-0.39, 0.29) is 10.6 Å². The van der Waals surface area contributed by atoms with Crippen LogP contribution in [0.5, 0.6) is 0 Å². The van der Waals surface area contributed by atoms with Crippen LogP contribution in [0.3, 0.4) is 0 Å². The van der Waals surface area contributed by atoms with Gasteiger partial charge in [0.2, 0.25) is 0 Å². The van der Waals surface area contributed by atoms with Gasteiger partial charge in [-0.25, -0.2) is 17.2 Å². The molecule has 1 aromatic rings. The summed E-state index contributed by atoms with van der Waals surface area (Å²) in [6.07, 6.45) is 1.09. The zero-order valence-corrected chi connectivity index (χ0v) is 16.7. The highest BCUT2D eigenvalue weighted by Crippen LogP contribution is 2.26. The van der Waals surface area contributed by atoms with Gasteiger partial charge in [-0.15, -0.1) is 0 Å². The van der Waals surface area contributed by atoms with Crippen molar-refractivity contribution in [2.45, 2.75) is 31.0 Å². The minimum absolute atomic E-state index is 0.0102. The van der Waals surface area contributed by atoms with Crippen molar-refractivity contribution >= 4 is 15.5 Å². The van der Waals surface area contributed by atoms with Crippen molar-refractivity contribution in [3.8, 4) is 0 Å². The number of nitrogens with zero attached hydrogens (tertiary/aromatic N) is 1. The monoisotopic (exact) mass is 436 g/mol. The maximum Gasteiger partial charge on any atom is 0.432 e. The maximum atomic E-state index is 13.4. The maximum absolute atomic E-state index is 13.4. The van der Waals surface area contributed by atoms with Crippen molar-refractivity contribution in [2.24, 2.45) is 5.73 Å². The van der Waals surface area contributed by atoms with Gasteiger partial charge in [0, 0.05) is 24.2 Å². The lowest BCUT2D eigenvalue weighted by molar-refractivity contribution is -0.0929. The van der Waals surface area contributed by atoms with E-state index in [4.69, 9.17) is 5.73 Å². The number of sulfone groups is 1. The number of halogens is 5. The van der Waals surface area contributed by atoms with Crippen molar-refractivity contribution in [3.05, 3.63) is 72.1 Å². The van der Waals surface area contributed by atoms with Gasteiger partial charge in [-0.1, -0.05) is 12.2 Å². The minimum atomic E-state index is -4.78. The number of anilines is 1. The molecular formula is C19H21F5N2O2S. The second kappa shape index (κ2) is 9.73. The first-order valence-corrected chi connectivity index (χ1v) is 10.2. The molecule has 10 heteroatoms. The Bertz CT molecular complexity index is 930. The second-order valence-electron chi connectivity index (χ2n) is 6.03. The van der Waals surface area contributed by atoms with Crippen molar-refractivity contribution in [3.63, 3.8) is 0 Å². The van der Waals surface area contributed by atoms with Gasteiger partial charge >= 0.3 is 6.18 Å². The van der Waals surface area contributed by atoms with Crippen LogP contribution in [0, 0.1) is 0 Å². The number of hydrogen-bond acceptors (Lipinski definition) is 4. The number of hydrogen-bond donors (Lipinski definition) is 1. The van der Waals surface area contributed by atoms with Crippen LogP contribution in [0.15, 0.2) is 77.0 Å². The van der Waals surface area contributed by atoms with E-state index in [2.05, 4.69) is 0 Å². The summed E-state index contributed by atoms with van der Waals surface area (Å²) in [5.74, 6) is -2.21. The summed E-state index contributed by atoms with van der Waals surface area (Å²) in [7, 11) is -3.49. The molecule has 0 fully saturated rings. The average molecular weight is 436 g/mol. The molecular weight excluding hydrogens is 415 g/mol. The smallest absolute Gasteiger partial charge is 0.394 e. The molecule has 160 valence electrons. The van der Waals surface area contributed by atoms with Gasteiger partial charge in [0.05, 0.1) is 4.90 Å². The molecule has 0 radical (unpaired) electrons. The fourth-order valence-corrected chi connectivity index (χ4v) is 2.76. The van der Waals surface area contributed by atoms with E-state index in [1.54, 1.807) is 0 Å². The van der Waals surface area contributed by atoms with Crippen molar-refractivity contribution in [1.29, 1.82) is 0 Å². The number of allylic oxidation sites excluding steroid dienone is 6. The molecule has 0 spiro atoms. The molecule has 0 heterocycles. The van der Waals surface area contributed by atoms with E-state index in [0.717, 1.165) is 29.4 Å². The lowest BCUT2D eigenvalue weighted by Gasteiger charge is -2.27. The number of alkyl halides is 3. The molecule has 0 amide bonds. The normalized spacial score (nSPS) is 15.7. The highest BCUT2D eigenvalue weighted by Gasteiger charge is 2.32. The molecule has 29 heavy (non-hydrogen) atoms. The lowest BCUT2D eigenvalue weighted by Crippen LogP contribution is -2.30. The summed E-state index contributed by atoms with van der Waals surface area (Å²) in [6.45, 7) is 2.81. The van der Waals surface area contributed by atoms with Crippen LogP contribution in [-0.4, -0.2) is 26.9 Å². The Morgan fingerprint density at radius 1 is 1.14 bits per heavy atom. The first-order chi connectivity index (χ1) is 13.3. The van der Waals surface area contributed by atoms with Gasteiger partial charge in [0.15, 0.2) is 21.5 Å². The summed E-state index contributed by atoms with van der Waals surface area (Å²) in [5.41, 5.74) is 3.94. The number of nitrogens with two attached hydrogens (primary N) is 1. The Hall–Kier alpha value is -2.62. The zero-order valence-electron chi connectivity index (χ0n) is 15.9. The molecule has 1 unspecified atom stereocenters.